The Kier molecular flexibility index (Phi) is 7.36. The summed E-state index contributed by atoms with van der Waals surface area (Å²) in [6.45, 7) is 6.36. The van der Waals surface area contributed by atoms with E-state index in [2.05, 4.69) is 4.98 Å². The van der Waals surface area contributed by atoms with Crippen LogP contribution in [-0.4, -0.2) is 49.8 Å². The van der Waals surface area contributed by atoms with Crippen LogP contribution in [0, 0.1) is 17.6 Å². The number of rotatable bonds is 6. The van der Waals surface area contributed by atoms with E-state index in [1.165, 1.54) is 0 Å². The monoisotopic (exact) mass is 480 g/mol. The van der Waals surface area contributed by atoms with Gasteiger partial charge in [0.2, 0.25) is 0 Å². The molecule has 0 spiro atoms. The average molecular weight is 481 g/mol. The molecular formula is C23H26F2N2O5S. The molecular weight excluding hydrogens is 454 g/mol. The van der Waals surface area contributed by atoms with Crippen LogP contribution in [0.5, 0.6) is 5.75 Å². The first kappa shape index (κ1) is 24.6. The largest absolute Gasteiger partial charge is 0.481 e. The summed E-state index contributed by atoms with van der Waals surface area (Å²) in [5.41, 5.74) is 2.35. The van der Waals surface area contributed by atoms with E-state index < -0.39 is 32.1 Å². The fourth-order valence-electron chi connectivity index (χ4n) is 3.46. The molecule has 0 fully saturated rings. The maximum absolute atomic E-state index is 14.2. The molecule has 0 aliphatic carbocycles. The van der Waals surface area contributed by atoms with Gasteiger partial charge in [-0.3, -0.25) is 4.98 Å². The molecule has 1 amide bonds. The first-order valence-electron chi connectivity index (χ1n) is 10.4. The molecule has 33 heavy (non-hydrogen) atoms. The molecule has 0 saturated carbocycles. The minimum Gasteiger partial charge on any atom is -0.481 e. The Balaban J connectivity index is 1.67. The van der Waals surface area contributed by atoms with E-state index >= 15 is 0 Å². The number of hydrogen-bond acceptors (Lipinski definition) is 6. The lowest BCUT2D eigenvalue weighted by Gasteiger charge is -2.31. The van der Waals surface area contributed by atoms with Crippen molar-refractivity contribution in [2.45, 2.75) is 38.4 Å². The number of nitrogens with zero attached hydrogens (tertiary/aromatic N) is 2. The predicted octanol–water partition coefficient (Wildman–Crippen LogP) is 4.22. The fraction of sp³-hybridized carbons (Fsp3) is 0.391. The number of ether oxygens (including phenoxy) is 2. The van der Waals surface area contributed by atoms with Gasteiger partial charge < -0.3 is 14.4 Å². The second-order valence-corrected chi connectivity index (χ2v) is 10.2. The van der Waals surface area contributed by atoms with Gasteiger partial charge in [-0.1, -0.05) is 19.1 Å². The minimum absolute atomic E-state index is 0.0684. The molecule has 1 aliphatic rings. The quantitative estimate of drug-likeness (QED) is 0.615. The van der Waals surface area contributed by atoms with Crippen molar-refractivity contribution in [2.75, 3.05) is 19.3 Å². The molecule has 2 aromatic rings. The number of amides is 1. The third-order valence-corrected chi connectivity index (χ3v) is 6.17. The zero-order valence-corrected chi connectivity index (χ0v) is 19.7. The molecule has 1 aromatic carbocycles. The SMILES string of the molecule is CC(C)OC(=O)N1CC=C(c2ccc(COc3c(F)cc(S(C)(=O)=O)cc3F)nc2)C(C)C1. The normalized spacial score (nSPS) is 16.5. The van der Waals surface area contributed by atoms with Crippen LogP contribution in [-0.2, 0) is 21.2 Å². The van der Waals surface area contributed by atoms with Crippen molar-refractivity contribution in [1.82, 2.24) is 9.88 Å². The third kappa shape index (κ3) is 6.07. The van der Waals surface area contributed by atoms with Gasteiger partial charge >= 0.3 is 6.09 Å². The van der Waals surface area contributed by atoms with Crippen molar-refractivity contribution in [3.05, 3.63) is 59.4 Å². The number of hydrogen-bond donors (Lipinski definition) is 0. The summed E-state index contributed by atoms with van der Waals surface area (Å²) in [6.07, 6.45) is 3.93. The first-order valence-corrected chi connectivity index (χ1v) is 12.3. The minimum atomic E-state index is -3.75. The smallest absolute Gasteiger partial charge is 0.410 e. The molecule has 2 heterocycles. The van der Waals surface area contributed by atoms with Crippen molar-refractivity contribution in [1.29, 1.82) is 0 Å². The second-order valence-electron chi connectivity index (χ2n) is 8.21. The Morgan fingerprint density at radius 1 is 1.24 bits per heavy atom. The van der Waals surface area contributed by atoms with Crippen LogP contribution in [0.4, 0.5) is 13.6 Å². The third-order valence-electron chi connectivity index (χ3n) is 5.07. The van der Waals surface area contributed by atoms with Gasteiger partial charge in [-0.2, -0.15) is 0 Å². The molecule has 0 saturated heterocycles. The molecule has 10 heteroatoms. The van der Waals surface area contributed by atoms with E-state index in [-0.39, 0.29) is 24.7 Å². The summed E-state index contributed by atoms with van der Waals surface area (Å²) < 4.78 is 61.8. The summed E-state index contributed by atoms with van der Waals surface area (Å²) in [5, 5.41) is 0. The van der Waals surface area contributed by atoms with E-state index in [9.17, 15) is 22.0 Å². The van der Waals surface area contributed by atoms with Gasteiger partial charge in [0.05, 0.1) is 16.7 Å². The molecule has 1 atom stereocenters. The van der Waals surface area contributed by atoms with Crippen LogP contribution >= 0.6 is 0 Å². The van der Waals surface area contributed by atoms with Crippen LogP contribution in [0.15, 0.2) is 41.4 Å². The van der Waals surface area contributed by atoms with Crippen LogP contribution in [0.3, 0.4) is 0 Å². The standard InChI is InChI=1S/C23H26F2N2O5S/c1-14(2)32-23(28)27-8-7-19(15(3)12-27)16-5-6-17(26-11-16)13-31-22-20(24)9-18(10-21(22)25)33(4,29)30/h5-7,9-11,14-15H,8,12-13H2,1-4H3. The van der Waals surface area contributed by atoms with Gasteiger partial charge in [-0.25, -0.2) is 22.0 Å². The summed E-state index contributed by atoms with van der Waals surface area (Å²) in [4.78, 5) is 17.6. The van der Waals surface area contributed by atoms with E-state index in [4.69, 9.17) is 9.47 Å². The Hall–Kier alpha value is -3.01. The summed E-state index contributed by atoms with van der Waals surface area (Å²) in [5.74, 6) is -2.80. The van der Waals surface area contributed by atoms with Gasteiger partial charge in [0, 0.05) is 25.5 Å². The summed E-state index contributed by atoms with van der Waals surface area (Å²) in [7, 11) is -3.75. The molecule has 0 bridgehead atoms. The second kappa shape index (κ2) is 9.86. The Labute approximate surface area is 191 Å². The predicted molar refractivity (Wildman–Crippen MR) is 118 cm³/mol. The lowest BCUT2D eigenvalue weighted by Crippen LogP contribution is -2.39. The Morgan fingerprint density at radius 3 is 2.42 bits per heavy atom. The van der Waals surface area contributed by atoms with Gasteiger partial charge in [0.25, 0.3) is 0 Å². The zero-order valence-electron chi connectivity index (χ0n) is 18.8. The van der Waals surface area contributed by atoms with E-state index in [1.54, 1.807) is 31.0 Å². The maximum Gasteiger partial charge on any atom is 0.410 e. The highest BCUT2D eigenvalue weighted by molar-refractivity contribution is 7.90. The fourth-order valence-corrected chi connectivity index (χ4v) is 4.09. The van der Waals surface area contributed by atoms with Gasteiger partial charge in [0.15, 0.2) is 27.2 Å². The van der Waals surface area contributed by atoms with Crippen LogP contribution in [0.25, 0.3) is 5.57 Å². The van der Waals surface area contributed by atoms with E-state index in [0.717, 1.165) is 29.5 Å². The number of carbonyl (C=O) groups excluding carboxylic acids is 1. The highest BCUT2D eigenvalue weighted by atomic mass is 32.2. The van der Waals surface area contributed by atoms with Crippen molar-refractivity contribution in [2.24, 2.45) is 5.92 Å². The number of benzene rings is 1. The maximum atomic E-state index is 14.2. The number of halogens is 2. The van der Waals surface area contributed by atoms with E-state index in [0.29, 0.717) is 18.8 Å². The lowest BCUT2D eigenvalue weighted by molar-refractivity contribution is 0.0769. The number of sulfone groups is 1. The Morgan fingerprint density at radius 2 is 1.91 bits per heavy atom. The van der Waals surface area contributed by atoms with Gasteiger partial charge in [-0.15, -0.1) is 0 Å². The van der Waals surface area contributed by atoms with Crippen molar-refractivity contribution >= 4 is 21.5 Å². The molecule has 178 valence electrons. The van der Waals surface area contributed by atoms with Crippen molar-refractivity contribution in [3.8, 4) is 5.75 Å². The highest BCUT2D eigenvalue weighted by Crippen LogP contribution is 2.29. The lowest BCUT2D eigenvalue weighted by atomic mass is 9.91. The van der Waals surface area contributed by atoms with Crippen molar-refractivity contribution in [3.63, 3.8) is 0 Å². The Bertz CT molecular complexity index is 1140. The molecule has 7 nitrogen and oxygen atoms in total. The molecule has 0 N–H and O–H groups in total. The summed E-state index contributed by atoms with van der Waals surface area (Å²) >= 11 is 0. The van der Waals surface area contributed by atoms with Crippen LogP contribution in [0.1, 0.15) is 32.0 Å². The van der Waals surface area contributed by atoms with E-state index in [1.807, 2.05) is 19.1 Å². The van der Waals surface area contributed by atoms with Gasteiger partial charge in [-0.05, 0) is 49.1 Å². The zero-order chi connectivity index (χ0) is 24.3. The molecule has 1 aliphatic heterocycles. The number of carbonyl (C=O) groups is 1. The highest BCUT2D eigenvalue weighted by Gasteiger charge is 2.25. The van der Waals surface area contributed by atoms with Gasteiger partial charge in [0.1, 0.15) is 6.61 Å². The number of pyridine rings is 1. The topological polar surface area (TPSA) is 85.8 Å². The average Bonchev–Trinajstić information content (AvgIpc) is 2.72. The van der Waals surface area contributed by atoms with Crippen LogP contribution in [0.2, 0.25) is 0 Å². The molecule has 1 aromatic heterocycles. The van der Waals surface area contributed by atoms with Crippen molar-refractivity contribution < 1.29 is 31.5 Å². The molecule has 1 unspecified atom stereocenters. The molecule has 3 rings (SSSR count). The summed E-state index contributed by atoms with van der Waals surface area (Å²) in [6, 6.07) is 4.96. The molecule has 0 radical (unpaired) electrons. The first-order chi connectivity index (χ1) is 15.5. The number of aromatic nitrogens is 1. The van der Waals surface area contributed by atoms with Crippen LogP contribution < -0.4 is 4.74 Å².